The van der Waals surface area contributed by atoms with Gasteiger partial charge in [-0.2, -0.15) is 5.10 Å². The summed E-state index contributed by atoms with van der Waals surface area (Å²) in [7, 11) is 0. The van der Waals surface area contributed by atoms with E-state index in [1.165, 1.54) is 5.54 Å². The number of halogens is 1. The number of allylic oxidation sites excluding steroid dienone is 3. The van der Waals surface area contributed by atoms with Crippen LogP contribution in [0.3, 0.4) is 0 Å². The molecule has 5 heteroatoms. The van der Waals surface area contributed by atoms with E-state index in [9.17, 15) is 4.79 Å². The maximum absolute atomic E-state index is 12.1. The highest BCUT2D eigenvalue weighted by atomic mass is 35.5. The van der Waals surface area contributed by atoms with Crippen molar-refractivity contribution in [1.82, 2.24) is 5.43 Å². The topological polar surface area (TPSA) is 67.5 Å². The molecule has 0 saturated heterocycles. The summed E-state index contributed by atoms with van der Waals surface area (Å²) in [6.07, 6.45) is 7.32. The third-order valence-corrected chi connectivity index (χ3v) is 3.52. The van der Waals surface area contributed by atoms with E-state index in [-0.39, 0.29) is 11.9 Å². The molecular formula is C17H18ClN3O. The van der Waals surface area contributed by atoms with Crippen LogP contribution in [-0.4, -0.2) is 11.6 Å². The predicted molar refractivity (Wildman–Crippen MR) is 90.5 cm³/mol. The molecule has 0 aliphatic heterocycles. The molecule has 114 valence electrons. The van der Waals surface area contributed by atoms with Gasteiger partial charge in [-0.15, -0.1) is 0 Å². The summed E-state index contributed by atoms with van der Waals surface area (Å²) in [5, 5.41) is 4.19. The molecule has 1 aromatic rings. The van der Waals surface area contributed by atoms with Gasteiger partial charge in [-0.25, -0.2) is 5.43 Å². The molecule has 1 aliphatic carbocycles. The van der Waals surface area contributed by atoms with Crippen molar-refractivity contribution in [3.63, 3.8) is 0 Å². The number of carbonyl (C=O) groups is 1. The first-order chi connectivity index (χ1) is 10.7. The molecule has 4 nitrogen and oxygen atoms in total. The lowest BCUT2D eigenvalue weighted by atomic mass is 10.1. The van der Waals surface area contributed by atoms with Gasteiger partial charge >= 0.3 is 0 Å². The van der Waals surface area contributed by atoms with Crippen LogP contribution in [0.15, 0.2) is 64.8 Å². The largest absolute Gasteiger partial charge is 0.319 e. The van der Waals surface area contributed by atoms with Gasteiger partial charge in [0.1, 0.15) is 0 Å². The van der Waals surface area contributed by atoms with Gasteiger partial charge in [-0.1, -0.05) is 54.1 Å². The molecule has 0 aromatic heterocycles. The van der Waals surface area contributed by atoms with Crippen LogP contribution >= 0.6 is 11.6 Å². The van der Waals surface area contributed by atoms with Crippen molar-refractivity contribution in [2.24, 2.45) is 10.8 Å². The number of nitrogens with zero attached hydrogens (tertiary/aromatic N) is 1. The van der Waals surface area contributed by atoms with Crippen molar-refractivity contribution in [2.45, 2.75) is 19.4 Å². The van der Waals surface area contributed by atoms with E-state index in [1.807, 2.05) is 31.2 Å². The first-order valence-electron chi connectivity index (χ1n) is 6.97. The molecule has 0 radical (unpaired) electrons. The van der Waals surface area contributed by atoms with Crippen LogP contribution in [0.1, 0.15) is 24.1 Å². The first kappa shape index (κ1) is 16.2. The number of fused-ring (bicyclic) bond motifs is 1. The zero-order valence-electron chi connectivity index (χ0n) is 12.3. The Labute approximate surface area is 135 Å². The lowest BCUT2D eigenvalue weighted by Gasteiger charge is -2.06. The van der Waals surface area contributed by atoms with Crippen LogP contribution < -0.4 is 11.2 Å². The number of amides is 1. The summed E-state index contributed by atoms with van der Waals surface area (Å²) in [6.45, 7) is 1.83. The monoisotopic (exact) mass is 315 g/mol. The third kappa shape index (κ3) is 3.72. The van der Waals surface area contributed by atoms with Crippen molar-refractivity contribution in [2.75, 3.05) is 0 Å². The zero-order chi connectivity index (χ0) is 15.9. The Balaban J connectivity index is 2.11. The number of hydrogen-bond donors (Lipinski definition) is 2. The lowest BCUT2D eigenvalue weighted by Crippen LogP contribution is -2.24. The normalized spacial score (nSPS) is 20.0. The number of benzene rings is 1. The molecule has 0 fully saturated rings. The maximum Gasteiger partial charge on any atom is 0.271 e. The van der Waals surface area contributed by atoms with E-state index in [0.717, 1.165) is 16.8 Å². The third-order valence-electron chi connectivity index (χ3n) is 3.38. The molecule has 1 aromatic carbocycles. The van der Waals surface area contributed by atoms with E-state index in [2.05, 4.69) is 10.5 Å². The Morgan fingerprint density at radius 1 is 1.45 bits per heavy atom. The van der Waals surface area contributed by atoms with Gasteiger partial charge in [0.2, 0.25) is 0 Å². The lowest BCUT2D eigenvalue weighted by molar-refractivity contribution is -0.117. The average Bonchev–Trinajstić information content (AvgIpc) is 2.86. The molecule has 0 spiro atoms. The molecule has 3 N–H and O–H groups in total. The van der Waals surface area contributed by atoms with Crippen molar-refractivity contribution in [3.8, 4) is 0 Å². The summed E-state index contributed by atoms with van der Waals surface area (Å²) in [5.41, 5.74) is 13.5. The van der Waals surface area contributed by atoms with Crippen molar-refractivity contribution < 1.29 is 4.79 Å². The van der Waals surface area contributed by atoms with E-state index in [4.69, 9.17) is 17.3 Å². The SMILES string of the molecule is C\C=C/C(=C\C=C\Cl)C(=O)N/N=C1/Cc2ccccc2C1N. The van der Waals surface area contributed by atoms with E-state index < -0.39 is 0 Å². The van der Waals surface area contributed by atoms with Crippen LogP contribution in [0, 0.1) is 0 Å². The number of hydrazone groups is 1. The van der Waals surface area contributed by atoms with Gasteiger partial charge in [0, 0.05) is 17.5 Å². The number of nitrogens with two attached hydrogens (primary N) is 1. The Hall–Kier alpha value is -2.17. The molecule has 0 bridgehead atoms. The zero-order valence-corrected chi connectivity index (χ0v) is 13.0. The highest BCUT2D eigenvalue weighted by Crippen LogP contribution is 2.26. The van der Waals surface area contributed by atoms with Gasteiger partial charge in [0.25, 0.3) is 5.91 Å². The number of carbonyl (C=O) groups excluding carboxylic acids is 1. The molecule has 22 heavy (non-hydrogen) atoms. The highest BCUT2D eigenvalue weighted by Gasteiger charge is 2.25. The molecule has 1 unspecified atom stereocenters. The second kappa shape index (κ2) is 7.73. The summed E-state index contributed by atoms with van der Waals surface area (Å²) in [5.74, 6) is -0.302. The molecule has 2 rings (SSSR count). The quantitative estimate of drug-likeness (QED) is 0.509. The summed E-state index contributed by atoms with van der Waals surface area (Å²) >= 11 is 5.48. The molecule has 1 atom stereocenters. The Bertz CT molecular complexity index is 674. The fraction of sp³-hybridized carbons (Fsp3) is 0.176. The molecule has 1 aliphatic rings. The van der Waals surface area contributed by atoms with E-state index in [1.54, 1.807) is 24.3 Å². The maximum atomic E-state index is 12.1. The van der Waals surface area contributed by atoms with Crippen LogP contribution in [0.4, 0.5) is 0 Å². The van der Waals surface area contributed by atoms with Gasteiger partial charge in [0.05, 0.1) is 11.8 Å². The van der Waals surface area contributed by atoms with Crippen molar-refractivity contribution >= 4 is 23.2 Å². The summed E-state index contributed by atoms with van der Waals surface area (Å²) < 4.78 is 0. The average molecular weight is 316 g/mol. The van der Waals surface area contributed by atoms with Crippen LogP contribution in [-0.2, 0) is 11.2 Å². The molecule has 1 amide bonds. The first-order valence-corrected chi connectivity index (χ1v) is 7.41. The number of rotatable bonds is 4. The van der Waals surface area contributed by atoms with Crippen molar-refractivity contribution in [1.29, 1.82) is 0 Å². The van der Waals surface area contributed by atoms with Crippen LogP contribution in [0.25, 0.3) is 0 Å². The molecule has 0 heterocycles. The van der Waals surface area contributed by atoms with Crippen LogP contribution in [0.2, 0.25) is 0 Å². The highest BCUT2D eigenvalue weighted by molar-refractivity contribution is 6.25. The van der Waals surface area contributed by atoms with Crippen molar-refractivity contribution in [3.05, 3.63) is 70.8 Å². The summed E-state index contributed by atoms with van der Waals surface area (Å²) in [4.78, 5) is 12.1. The van der Waals surface area contributed by atoms with E-state index >= 15 is 0 Å². The van der Waals surface area contributed by atoms with E-state index in [0.29, 0.717) is 12.0 Å². The minimum atomic E-state index is -0.302. The minimum absolute atomic E-state index is 0.270. The Morgan fingerprint density at radius 3 is 2.91 bits per heavy atom. The van der Waals surface area contributed by atoms with Gasteiger partial charge in [-0.3, -0.25) is 4.79 Å². The minimum Gasteiger partial charge on any atom is -0.319 e. The number of hydrogen-bond acceptors (Lipinski definition) is 3. The van der Waals surface area contributed by atoms with Gasteiger partial charge in [-0.05, 0) is 24.1 Å². The van der Waals surface area contributed by atoms with Crippen LogP contribution in [0.5, 0.6) is 0 Å². The van der Waals surface area contributed by atoms with Gasteiger partial charge < -0.3 is 5.73 Å². The number of nitrogens with one attached hydrogen (secondary N) is 1. The van der Waals surface area contributed by atoms with Gasteiger partial charge in [0.15, 0.2) is 0 Å². The smallest absolute Gasteiger partial charge is 0.271 e. The fourth-order valence-electron chi connectivity index (χ4n) is 2.31. The predicted octanol–water partition coefficient (Wildman–Crippen LogP) is 2.97. The molecular weight excluding hydrogens is 298 g/mol. The standard InChI is InChI=1S/C17H18ClN3O/c1-2-6-12(8-5-10-18)17(22)21-20-15-11-13-7-3-4-9-14(13)16(15)19/h2-10,16H,11,19H2,1H3,(H,21,22)/b6-2-,10-5+,12-8+,20-15-. The Morgan fingerprint density at radius 2 is 2.23 bits per heavy atom. The Kier molecular flexibility index (Phi) is 5.69. The second-order valence-electron chi connectivity index (χ2n) is 4.84. The summed E-state index contributed by atoms with van der Waals surface area (Å²) in [6, 6.07) is 7.66. The fourth-order valence-corrected chi connectivity index (χ4v) is 2.38. The molecule has 0 saturated carbocycles. The second-order valence-corrected chi connectivity index (χ2v) is 5.09.